The molecule has 3 rings (SSSR count). The summed E-state index contributed by atoms with van der Waals surface area (Å²) in [6.07, 6.45) is 0. The zero-order chi connectivity index (χ0) is 15.3. The zero-order valence-corrected chi connectivity index (χ0v) is 13.4. The van der Waals surface area contributed by atoms with Crippen molar-refractivity contribution in [2.75, 3.05) is 5.75 Å². The van der Waals surface area contributed by atoms with E-state index < -0.39 is 14.6 Å². The molecule has 0 aliphatic carbocycles. The summed E-state index contributed by atoms with van der Waals surface area (Å²) in [6, 6.07) is 10.3. The number of nitrogens with zero attached hydrogens (tertiary/aromatic N) is 1. The number of sulfone groups is 1. The summed E-state index contributed by atoms with van der Waals surface area (Å²) in [4.78, 5) is 4.48. The Morgan fingerprint density at radius 2 is 2.05 bits per heavy atom. The highest BCUT2D eigenvalue weighted by Gasteiger charge is 2.52. The van der Waals surface area contributed by atoms with Crippen LogP contribution in [0.2, 0.25) is 0 Å². The highest BCUT2D eigenvalue weighted by Crippen LogP contribution is 2.33. The monoisotopic (exact) mass is 304 g/mol. The normalized spacial score (nSPS) is 22.9. The van der Waals surface area contributed by atoms with E-state index in [-0.39, 0.29) is 11.8 Å². The number of rotatable bonds is 3. The fourth-order valence-electron chi connectivity index (χ4n) is 2.68. The molecule has 0 saturated carbocycles. The van der Waals surface area contributed by atoms with Crippen molar-refractivity contribution in [1.29, 1.82) is 0 Å². The van der Waals surface area contributed by atoms with E-state index in [1.54, 1.807) is 13.8 Å². The van der Waals surface area contributed by atoms with E-state index in [4.69, 9.17) is 0 Å². The molecular formula is C16H20N2O2S. The smallest absolute Gasteiger partial charge is 0.158 e. The third-order valence-corrected chi connectivity index (χ3v) is 7.13. The van der Waals surface area contributed by atoms with Crippen molar-refractivity contribution in [3.8, 4) is 0 Å². The SMILES string of the molecule is Cc1ccc2cc(CN[C@H]3CS(=O)(=O)C3(C)C)ccc2n1. The molecule has 0 amide bonds. The van der Waals surface area contributed by atoms with E-state index in [0.717, 1.165) is 22.2 Å². The molecule has 2 aromatic rings. The van der Waals surface area contributed by atoms with E-state index in [0.29, 0.717) is 6.54 Å². The molecule has 4 nitrogen and oxygen atoms in total. The number of pyridine rings is 1. The molecule has 0 radical (unpaired) electrons. The lowest BCUT2D eigenvalue weighted by atomic mass is 10.0. The summed E-state index contributed by atoms with van der Waals surface area (Å²) in [5.74, 6) is 0.230. The lowest BCUT2D eigenvalue weighted by Gasteiger charge is -2.44. The van der Waals surface area contributed by atoms with E-state index >= 15 is 0 Å². The average molecular weight is 304 g/mol. The molecule has 0 bridgehead atoms. The van der Waals surface area contributed by atoms with Crippen molar-refractivity contribution in [2.24, 2.45) is 0 Å². The largest absolute Gasteiger partial charge is 0.307 e. The molecule has 1 atom stereocenters. The molecule has 5 heteroatoms. The summed E-state index contributed by atoms with van der Waals surface area (Å²) in [5, 5.41) is 4.47. The van der Waals surface area contributed by atoms with E-state index in [1.165, 1.54) is 0 Å². The Bertz CT molecular complexity index is 797. The fourth-order valence-corrected chi connectivity index (χ4v) is 4.39. The predicted molar refractivity (Wildman–Crippen MR) is 85.0 cm³/mol. The molecule has 1 aliphatic heterocycles. The second-order valence-corrected chi connectivity index (χ2v) is 8.91. The number of aryl methyl sites for hydroxylation is 1. The van der Waals surface area contributed by atoms with Crippen LogP contribution in [0, 0.1) is 6.92 Å². The van der Waals surface area contributed by atoms with Gasteiger partial charge in [-0.2, -0.15) is 0 Å². The van der Waals surface area contributed by atoms with Crippen LogP contribution in [0.3, 0.4) is 0 Å². The third-order valence-electron chi connectivity index (χ3n) is 4.47. The van der Waals surface area contributed by atoms with Gasteiger partial charge in [0.15, 0.2) is 9.84 Å². The molecule has 1 fully saturated rings. The second-order valence-electron chi connectivity index (χ2n) is 6.30. The maximum atomic E-state index is 11.7. The Balaban J connectivity index is 1.73. The number of aromatic nitrogens is 1. The minimum Gasteiger partial charge on any atom is -0.307 e. The minimum atomic E-state index is -2.93. The maximum absolute atomic E-state index is 11.7. The van der Waals surface area contributed by atoms with Crippen LogP contribution in [0.15, 0.2) is 30.3 Å². The molecule has 0 spiro atoms. The Morgan fingerprint density at radius 3 is 2.71 bits per heavy atom. The molecule has 1 saturated heterocycles. The lowest BCUT2D eigenvalue weighted by molar-refractivity contribution is 0.384. The molecule has 0 unspecified atom stereocenters. The Kier molecular flexibility index (Phi) is 3.30. The van der Waals surface area contributed by atoms with Crippen molar-refractivity contribution in [1.82, 2.24) is 10.3 Å². The van der Waals surface area contributed by atoms with Crippen LogP contribution in [0.5, 0.6) is 0 Å². The Labute approximate surface area is 125 Å². The zero-order valence-electron chi connectivity index (χ0n) is 12.6. The van der Waals surface area contributed by atoms with Crippen molar-refractivity contribution in [2.45, 2.75) is 38.1 Å². The van der Waals surface area contributed by atoms with Crippen LogP contribution >= 0.6 is 0 Å². The lowest BCUT2D eigenvalue weighted by Crippen LogP contribution is -2.65. The van der Waals surface area contributed by atoms with Gasteiger partial charge in [-0.05, 0) is 44.5 Å². The number of benzene rings is 1. The first kappa shape index (κ1) is 14.5. The molecule has 112 valence electrons. The van der Waals surface area contributed by atoms with Crippen molar-refractivity contribution in [3.05, 3.63) is 41.6 Å². The van der Waals surface area contributed by atoms with E-state index in [9.17, 15) is 8.42 Å². The van der Waals surface area contributed by atoms with Gasteiger partial charge in [0.05, 0.1) is 16.0 Å². The summed E-state index contributed by atoms with van der Waals surface area (Å²) in [5.41, 5.74) is 3.15. The highest BCUT2D eigenvalue weighted by molar-refractivity contribution is 7.94. The maximum Gasteiger partial charge on any atom is 0.158 e. The minimum absolute atomic E-state index is 0.0225. The Hall–Kier alpha value is -1.46. The van der Waals surface area contributed by atoms with Crippen molar-refractivity contribution < 1.29 is 8.42 Å². The first-order valence-electron chi connectivity index (χ1n) is 7.11. The molecular weight excluding hydrogens is 284 g/mol. The molecule has 2 heterocycles. The third kappa shape index (κ3) is 2.45. The average Bonchev–Trinajstić information content (AvgIpc) is 2.43. The van der Waals surface area contributed by atoms with Crippen LogP contribution in [-0.4, -0.2) is 29.9 Å². The van der Waals surface area contributed by atoms with Crippen LogP contribution < -0.4 is 5.32 Å². The second kappa shape index (κ2) is 4.78. The predicted octanol–water partition coefficient (Wildman–Crippen LogP) is 2.21. The quantitative estimate of drug-likeness (QED) is 0.944. The first-order valence-corrected chi connectivity index (χ1v) is 8.77. The van der Waals surface area contributed by atoms with E-state index in [1.807, 2.05) is 25.1 Å². The van der Waals surface area contributed by atoms with Crippen LogP contribution in [0.4, 0.5) is 0 Å². The summed E-state index contributed by atoms with van der Waals surface area (Å²) in [7, 11) is -2.93. The van der Waals surface area contributed by atoms with Gasteiger partial charge in [-0.1, -0.05) is 12.1 Å². The van der Waals surface area contributed by atoms with Crippen LogP contribution in [0.25, 0.3) is 10.9 Å². The first-order chi connectivity index (χ1) is 9.79. The van der Waals surface area contributed by atoms with Crippen LogP contribution in [-0.2, 0) is 16.4 Å². The Morgan fingerprint density at radius 1 is 1.29 bits per heavy atom. The summed E-state index contributed by atoms with van der Waals surface area (Å²) >= 11 is 0. The number of hydrogen-bond acceptors (Lipinski definition) is 4. The topological polar surface area (TPSA) is 59.1 Å². The van der Waals surface area contributed by atoms with Gasteiger partial charge in [0, 0.05) is 23.7 Å². The van der Waals surface area contributed by atoms with Gasteiger partial charge in [0.25, 0.3) is 0 Å². The van der Waals surface area contributed by atoms with Gasteiger partial charge < -0.3 is 5.32 Å². The highest BCUT2D eigenvalue weighted by atomic mass is 32.2. The van der Waals surface area contributed by atoms with E-state index in [2.05, 4.69) is 22.4 Å². The molecule has 1 N–H and O–H groups in total. The molecule has 1 aliphatic rings. The number of nitrogens with one attached hydrogen (secondary N) is 1. The van der Waals surface area contributed by atoms with Crippen molar-refractivity contribution >= 4 is 20.7 Å². The number of fused-ring (bicyclic) bond motifs is 1. The molecule has 1 aromatic heterocycles. The standard InChI is InChI=1S/C16H20N2O2S/c1-11-4-6-13-8-12(5-7-14(13)18-11)9-17-15-10-21(19,20)16(15,2)3/h4-8,15,17H,9-10H2,1-3H3/t15-/m0/s1. The van der Waals surface area contributed by atoms with Gasteiger partial charge in [-0.15, -0.1) is 0 Å². The van der Waals surface area contributed by atoms with Gasteiger partial charge >= 0.3 is 0 Å². The van der Waals surface area contributed by atoms with Gasteiger partial charge in [-0.3, -0.25) is 4.98 Å². The number of hydrogen-bond donors (Lipinski definition) is 1. The van der Waals surface area contributed by atoms with Gasteiger partial charge in [-0.25, -0.2) is 8.42 Å². The molecule has 1 aromatic carbocycles. The fraction of sp³-hybridized carbons (Fsp3) is 0.438. The van der Waals surface area contributed by atoms with Gasteiger partial charge in [0.1, 0.15) is 0 Å². The van der Waals surface area contributed by atoms with Gasteiger partial charge in [0.2, 0.25) is 0 Å². The summed E-state index contributed by atoms with van der Waals surface area (Å²) in [6.45, 7) is 6.23. The van der Waals surface area contributed by atoms with Crippen LogP contribution in [0.1, 0.15) is 25.1 Å². The molecule has 21 heavy (non-hydrogen) atoms. The summed E-state index contributed by atoms with van der Waals surface area (Å²) < 4.78 is 22.8. The van der Waals surface area contributed by atoms with Crippen molar-refractivity contribution in [3.63, 3.8) is 0 Å².